The van der Waals surface area contributed by atoms with Gasteiger partial charge in [0.1, 0.15) is 6.61 Å². The van der Waals surface area contributed by atoms with E-state index in [2.05, 4.69) is 17.3 Å². The summed E-state index contributed by atoms with van der Waals surface area (Å²) >= 11 is 0. The molecule has 0 aliphatic carbocycles. The van der Waals surface area contributed by atoms with Gasteiger partial charge in [0.2, 0.25) is 0 Å². The van der Waals surface area contributed by atoms with Crippen LogP contribution in [0.15, 0.2) is 36.5 Å². The molecule has 2 heterocycles. The predicted molar refractivity (Wildman–Crippen MR) is 80.6 cm³/mol. The zero-order valence-corrected chi connectivity index (χ0v) is 12.5. The first kappa shape index (κ1) is 13.9. The summed E-state index contributed by atoms with van der Waals surface area (Å²) in [6.45, 7) is 3.59. The van der Waals surface area contributed by atoms with Crippen molar-refractivity contribution in [2.45, 2.75) is 25.5 Å². The fraction of sp³-hybridized carbons (Fsp3) is 0.438. The molecule has 5 nitrogen and oxygen atoms in total. The third-order valence-corrected chi connectivity index (χ3v) is 3.57. The fourth-order valence-electron chi connectivity index (χ4n) is 2.53. The van der Waals surface area contributed by atoms with Crippen LogP contribution in [0.5, 0.6) is 11.5 Å². The van der Waals surface area contributed by atoms with Crippen molar-refractivity contribution in [2.24, 2.45) is 7.05 Å². The van der Waals surface area contributed by atoms with Gasteiger partial charge in [-0.1, -0.05) is 19.1 Å². The lowest BCUT2D eigenvalue weighted by Crippen LogP contribution is -2.42. The van der Waals surface area contributed by atoms with Crippen LogP contribution in [0.3, 0.4) is 0 Å². The van der Waals surface area contributed by atoms with Crippen LogP contribution in [-0.4, -0.2) is 29.0 Å². The molecule has 21 heavy (non-hydrogen) atoms. The van der Waals surface area contributed by atoms with Crippen LogP contribution in [0, 0.1) is 0 Å². The van der Waals surface area contributed by atoms with Crippen molar-refractivity contribution in [1.29, 1.82) is 0 Å². The average Bonchev–Trinajstić information content (AvgIpc) is 2.94. The van der Waals surface area contributed by atoms with E-state index in [9.17, 15) is 0 Å². The van der Waals surface area contributed by atoms with Gasteiger partial charge in [0, 0.05) is 13.2 Å². The van der Waals surface area contributed by atoms with Gasteiger partial charge < -0.3 is 14.8 Å². The molecule has 0 fully saturated rings. The molecule has 1 aromatic carbocycles. The lowest BCUT2D eigenvalue weighted by molar-refractivity contribution is 0.0604. The van der Waals surface area contributed by atoms with Crippen molar-refractivity contribution in [3.63, 3.8) is 0 Å². The van der Waals surface area contributed by atoms with E-state index < -0.39 is 0 Å². The van der Waals surface area contributed by atoms with Crippen molar-refractivity contribution in [2.75, 3.05) is 13.2 Å². The van der Waals surface area contributed by atoms with Crippen LogP contribution < -0.4 is 14.8 Å². The van der Waals surface area contributed by atoms with Gasteiger partial charge in [-0.05, 0) is 31.2 Å². The standard InChI is InChI=1S/C16H21N3O2/c1-3-9-17-16(12-8-10-19(2)18-12)15-11-20-13-6-4-5-7-14(13)21-15/h4-8,10,15-17H,3,9,11H2,1-2H3. The van der Waals surface area contributed by atoms with E-state index in [0.29, 0.717) is 6.61 Å². The Hall–Kier alpha value is -2.01. The molecule has 3 rings (SSSR count). The van der Waals surface area contributed by atoms with Crippen molar-refractivity contribution < 1.29 is 9.47 Å². The maximum absolute atomic E-state index is 6.12. The number of hydrogen-bond donors (Lipinski definition) is 1. The summed E-state index contributed by atoms with van der Waals surface area (Å²) in [5.41, 5.74) is 0.985. The second-order valence-corrected chi connectivity index (χ2v) is 5.26. The first-order chi connectivity index (χ1) is 10.3. The summed E-state index contributed by atoms with van der Waals surface area (Å²) in [7, 11) is 1.92. The lowest BCUT2D eigenvalue weighted by atomic mass is 10.1. The molecule has 2 atom stereocenters. The van der Waals surface area contributed by atoms with E-state index in [4.69, 9.17) is 9.47 Å². The van der Waals surface area contributed by atoms with Crippen molar-refractivity contribution in [1.82, 2.24) is 15.1 Å². The molecular weight excluding hydrogens is 266 g/mol. The van der Waals surface area contributed by atoms with Gasteiger partial charge in [-0.3, -0.25) is 4.68 Å². The summed E-state index contributed by atoms with van der Waals surface area (Å²) < 4.78 is 13.8. The number of aryl methyl sites for hydroxylation is 1. The Balaban J connectivity index is 1.81. The zero-order valence-electron chi connectivity index (χ0n) is 12.5. The third kappa shape index (κ3) is 3.03. The summed E-state index contributed by atoms with van der Waals surface area (Å²) in [5, 5.41) is 8.03. The highest BCUT2D eigenvalue weighted by molar-refractivity contribution is 5.41. The molecule has 2 unspecified atom stereocenters. The van der Waals surface area contributed by atoms with Crippen LogP contribution in [0.1, 0.15) is 25.1 Å². The molecule has 0 radical (unpaired) electrons. The molecule has 1 aliphatic rings. The van der Waals surface area contributed by atoms with Crippen LogP contribution in [0.2, 0.25) is 0 Å². The van der Waals surface area contributed by atoms with Crippen molar-refractivity contribution in [3.05, 3.63) is 42.2 Å². The zero-order chi connectivity index (χ0) is 14.7. The fourth-order valence-corrected chi connectivity index (χ4v) is 2.53. The Morgan fingerprint density at radius 3 is 2.86 bits per heavy atom. The number of ether oxygens (including phenoxy) is 2. The smallest absolute Gasteiger partial charge is 0.161 e. The third-order valence-electron chi connectivity index (χ3n) is 3.57. The summed E-state index contributed by atoms with van der Waals surface area (Å²) in [6.07, 6.45) is 2.93. The Bertz CT molecular complexity index is 597. The maximum Gasteiger partial charge on any atom is 0.161 e. The van der Waals surface area contributed by atoms with Gasteiger partial charge in [-0.25, -0.2) is 0 Å². The summed E-state index contributed by atoms with van der Waals surface area (Å²) in [4.78, 5) is 0. The van der Waals surface area contributed by atoms with Crippen molar-refractivity contribution in [3.8, 4) is 11.5 Å². The molecule has 0 saturated carbocycles. The molecular formula is C16H21N3O2. The minimum absolute atomic E-state index is 0.0273. The summed E-state index contributed by atoms with van der Waals surface area (Å²) in [5.74, 6) is 1.61. The van der Waals surface area contributed by atoms with Gasteiger partial charge in [0.25, 0.3) is 0 Å². The van der Waals surface area contributed by atoms with Gasteiger partial charge in [0.15, 0.2) is 17.6 Å². The normalized spacial score (nSPS) is 18.5. The topological polar surface area (TPSA) is 48.3 Å². The molecule has 0 amide bonds. The highest BCUT2D eigenvalue weighted by Crippen LogP contribution is 2.34. The highest BCUT2D eigenvalue weighted by atomic mass is 16.6. The molecule has 1 aromatic heterocycles. The number of rotatable bonds is 5. The van der Waals surface area contributed by atoms with E-state index >= 15 is 0 Å². The first-order valence-electron chi connectivity index (χ1n) is 7.39. The quantitative estimate of drug-likeness (QED) is 0.916. The molecule has 1 N–H and O–H groups in total. The average molecular weight is 287 g/mol. The molecule has 0 bridgehead atoms. The van der Waals surface area contributed by atoms with Crippen LogP contribution >= 0.6 is 0 Å². The monoisotopic (exact) mass is 287 g/mol. The maximum atomic E-state index is 6.12. The Kier molecular flexibility index (Phi) is 4.10. The van der Waals surface area contributed by atoms with Gasteiger partial charge >= 0.3 is 0 Å². The van der Waals surface area contributed by atoms with Gasteiger partial charge in [0.05, 0.1) is 11.7 Å². The van der Waals surface area contributed by atoms with Crippen LogP contribution in [-0.2, 0) is 7.05 Å². The number of hydrogen-bond acceptors (Lipinski definition) is 4. The minimum Gasteiger partial charge on any atom is -0.486 e. The van der Waals surface area contributed by atoms with E-state index in [0.717, 1.165) is 30.2 Å². The Morgan fingerprint density at radius 1 is 1.33 bits per heavy atom. The second-order valence-electron chi connectivity index (χ2n) is 5.26. The van der Waals surface area contributed by atoms with E-state index in [1.54, 1.807) is 0 Å². The Morgan fingerprint density at radius 2 is 2.14 bits per heavy atom. The molecule has 1 aliphatic heterocycles. The first-order valence-corrected chi connectivity index (χ1v) is 7.39. The number of benzene rings is 1. The van der Waals surface area contributed by atoms with E-state index in [1.165, 1.54) is 0 Å². The predicted octanol–water partition coefficient (Wildman–Crippen LogP) is 2.30. The number of aromatic nitrogens is 2. The van der Waals surface area contributed by atoms with Crippen molar-refractivity contribution >= 4 is 0 Å². The molecule has 5 heteroatoms. The molecule has 0 saturated heterocycles. The molecule has 112 valence electrons. The van der Waals surface area contributed by atoms with Gasteiger partial charge in [-0.2, -0.15) is 5.10 Å². The second kappa shape index (κ2) is 6.18. The van der Waals surface area contributed by atoms with Gasteiger partial charge in [-0.15, -0.1) is 0 Å². The SMILES string of the molecule is CCCNC(c1ccn(C)n1)C1COc2ccccc2O1. The largest absolute Gasteiger partial charge is 0.486 e. The lowest BCUT2D eigenvalue weighted by Gasteiger charge is -2.32. The van der Waals surface area contributed by atoms with E-state index in [1.807, 2.05) is 48.3 Å². The number of fused-ring (bicyclic) bond motifs is 1. The van der Waals surface area contributed by atoms with Crippen LogP contribution in [0.4, 0.5) is 0 Å². The minimum atomic E-state index is -0.0821. The number of nitrogens with zero attached hydrogens (tertiary/aromatic N) is 2. The van der Waals surface area contributed by atoms with E-state index in [-0.39, 0.29) is 12.1 Å². The number of nitrogens with one attached hydrogen (secondary N) is 1. The summed E-state index contributed by atoms with van der Waals surface area (Å²) in [6, 6.07) is 9.84. The molecule has 0 spiro atoms. The highest BCUT2D eigenvalue weighted by Gasteiger charge is 2.31. The molecule has 2 aromatic rings. The van der Waals surface area contributed by atoms with Crippen LogP contribution in [0.25, 0.3) is 0 Å². The number of para-hydroxylation sites is 2. The Labute approximate surface area is 124 Å².